The van der Waals surface area contributed by atoms with Gasteiger partial charge in [0, 0.05) is 0 Å². The summed E-state index contributed by atoms with van der Waals surface area (Å²) in [5.74, 6) is -0.258. The molecule has 0 bridgehead atoms. The molecule has 0 radical (unpaired) electrons. The zero-order valence-corrected chi connectivity index (χ0v) is 9.56. The van der Waals surface area contributed by atoms with E-state index in [1.165, 1.54) is 12.1 Å². The Morgan fingerprint density at radius 1 is 1.12 bits per heavy atom. The maximum atomic E-state index is 12.9. The van der Waals surface area contributed by atoms with Gasteiger partial charge in [0.15, 0.2) is 0 Å². The van der Waals surface area contributed by atoms with Crippen molar-refractivity contribution in [1.29, 1.82) is 0 Å². The fraction of sp³-hybridized carbons (Fsp3) is 0. The fourth-order valence-electron chi connectivity index (χ4n) is 1.60. The molecule has 17 heavy (non-hydrogen) atoms. The number of halogens is 1. The summed E-state index contributed by atoms with van der Waals surface area (Å²) in [5, 5.41) is 9.92. The van der Waals surface area contributed by atoms with Crippen LogP contribution in [0.3, 0.4) is 0 Å². The van der Waals surface area contributed by atoms with Gasteiger partial charge in [0.25, 0.3) is 0 Å². The summed E-state index contributed by atoms with van der Waals surface area (Å²) < 4.78 is 14.6. The molecular weight excluding hydrogens is 237 g/mol. The van der Waals surface area contributed by atoms with Crippen molar-refractivity contribution in [3.8, 4) is 16.3 Å². The van der Waals surface area contributed by atoms with Crippen LogP contribution in [0.2, 0.25) is 0 Å². The summed E-state index contributed by atoms with van der Waals surface area (Å²) in [7, 11) is 0. The molecule has 0 saturated heterocycles. The molecule has 5 heteroatoms. The van der Waals surface area contributed by atoms with Gasteiger partial charge in [0.05, 0.1) is 16.8 Å². The number of hydrogen-bond acceptors (Lipinski definition) is 3. The Kier molecular flexibility index (Phi) is 2.45. The predicted octanol–water partition coefficient (Wildman–Crippen LogP) is 3.13. The number of hydrogen-bond donors (Lipinski definition) is 0. The van der Waals surface area contributed by atoms with Crippen molar-refractivity contribution in [1.82, 2.24) is 15.0 Å². The summed E-state index contributed by atoms with van der Waals surface area (Å²) in [6.07, 6.45) is 1.70. The number of thiophene rings is 1. The van der Waals surface area contributed by atoms with E-state index in [0.29, 0.717) is 0 Å². The molecule has 0 spiro atoms. The average Bonchev–Trinajstić information content (AvgIpc) is 3.00. The molecular formula is C12H8FN3S. The lowest BCUT2D eigenvalue weighted by atomic mass is 10.3. The first-order valence-corrected chi connectivity index (χ1v) is 5.93. The predicted molar refractivity (Wildman–Crippen MR) is 64.6 cm³/mol. The third-order valence-corrected chi connectivity index (χ3v) is 3.29. The van der Waals surface area contributed by atoms with Crippen molar-refractivity contribution in [2.45, 2.75) is 0 Å². The second-order valence-corrected chi connectivity index (χ2v) is 4.43. The van der Waals surface area contributed by atoms with Gasteiger partial charge in [-0.25, -0.2) is 9.07 Å². The highest BCUT2D eigenvalue weighted by Gasteiger charge is 2.09. The Hall–Kier alpha value is -2.01. The molecule has 0 aliphatic rings. The number of nitrogens with zero attached hydrogens (tertiary/aromatic N) is 3. The molecule has 84 valence electrons. The van der Waals surface area contributed by atoms with E-state index in [1.807, 2.05) is 17.5 Å². The van der Waals surface area contributed by atoms with Crippen molar-refractivity contribution in [3.05, 3.63) is 53.8 Å². The van der Waals surface area contributed by atoms with E-state index in [1.54, 1.807) is 34.3 Å². The van der Waals surface area contributed by atoms with Crippen molar-refractivity contribution in [2.75, 3.05) is 0 Å². The van der Waals surface area contributed by atoms with E-state index in [4.69, 9.17) is 0 Å². The van der Waals surface area contributed by atoms with Gasteiger partial charge in [-0.05, 0) is 35.7 Å². The molecule has 0 atom stereocenters. The lowest BCUT2D eigenvalue weighted by Crippen LogP contribution is -1.98. The van der Waals surface area contributed by atoms with Gasteiger partial charge in [0.1, 0.15) is 11.5 Å². The lowest BCUT2D eigenvalue weighted by Gasteiger charge is -2.03. The first-order valence-electron chi connectivity index (χ1n) is 5.05. The standard InChI is InChI=1S/C12H8FN3S/c13-9-3-5-10(6-4-9)16-11(8-14-15-16)12-2-1-7-17-12/h1-8H. The summed E-state index contributed by atoms with van der Waals surface area (Å²) in [6.45, 7) is 0. The maximum absolute atomic E-state index is 12.9. The minimum atomic E-state index is -0.258. The van der Waals surface area contributed by atoms with E-state index in [0.717, 1.165) is 16.3 Å². The third kappa shape index (κ3) is 1.85. The Morgan fingerprint density at radius 3 is 2.65 bits per heavy atom. The fourth-order valence-corrected chi connectivity index (χ4v) is 2.32. The van der Waals surface area contributed by atoms with E-state index >= 15 is 0 Å². The monoisotopic (exact) mass is 245 g/mol. The highest BCUT2D eigenvalue weighted by atomic mass is 32.1. The largest absolute Gasteiger partial charge is 0.212 e. The first kappa shape index (κ1) is 10.2. The van der Waals surface area contributed by atoms with Crippen molar-refractivity contribution < 1.29 is 4.39 Å². The van der Waals surface area contributed by atoms with Crippen molar-refractivity contribution >= 4 is 11.3 Å². The van der Waals surface area contributed by atoms with Crippen LogP contribution in [0.1, 0.15) is 0 Å². The number of benzene rings is 1. The molecule has 2 heterocycles. The minimum Gasteiger partial charge on any atom is -0.212 e. The van der Waals surface area contributed by atoms with Gasteiger partial charge in [-0.2, -0.15) is 0 Å². The summed E-state index contributed by atoms with van der Waals surface area (Å²) in [6, 6.07) is 10.2. The van der Waals surface area contributed by atoms with Gasteiger partial charge in [0.2, 0.25) is 0 Å². The third-order valence-electron chi connectivity index (χ3n) is 2.39. The zero-order valence-electron chi connectivity index (χ0n) is 8.75. The zero-order chi connectivity index (χ0) is 11.7. The molecule has 2 aromatic heterocycles. The number of rotatable bonds is 2. The lowest BCUT2D eigenvalue weighted by molar-refractivity contribution is 0.627. The van der Waals surface area contributed by atoms with E-state index in [-0.39, 0.29) is 5.82 Å². The van der Waals surface area contributed by atoms with Crippen LogP contribution >= 0.6 is 11.3 Å². The quantitative estimate of drug-likeness (QED) is 0.694. The molecule has 3 aromatic rings. The molecule has 0 saturated carbocycles. The molecule has 3 nitrogen and oxygen atoms in total. The normalized spacial score (nSPS) is 10.6. The van der Waals surface area contributed by atoms with Crippen LogP contribution in [0, 0.1) is 5.82 Å². The molecule has 0 unspecified atom stereocenters. The smallest absolute Gasteiger partial charge is 0.123 e. The van der Waals surface area contributed by atoms with Crippen molar-refractivity contribution in [2.24, 2.45) is 0 Å². The van der Waals surface area contributed by atoms with E-state index in [2.05, 4.69) is 10.3 Å². The number of aromatic nitrogens is 3. The summed E-state index contributed by atoms with van der Waals surface area (Å²) in [5.41, 5.74) is 1.71. The van der Waals surface area contributed by atoms with Crippen LogP contribution in [0.15, 0.2) is 48.0 Å². The SMILES string of the molecule is Fc1ccc(-n2nncc2-c2cccs2)cc1. The van der Waals surface area contributed by atoms with Crippen LogP contribution in [0.4, 0.5) is 4.39 Å². The van der Waals surface area contributed by atoms with Crippen LogP contribution < -0.4 is 0 Å². The van der Waals surface area contributed by atoms with Gasteiger partial charge in [-0.15, -0.1) is 16.4 Å². The topological polar surface area (TPSA) is 30.7 Å². The molecule has 0 N–H and O–H groups in total. The molecule has 1 aromatic carbocycles. The average molecular weight is 245 g/mol. The summed E-state index contributed by atoms with van der Waals surface area (Å²) >= 11 is 1.62. The highest BCUT2D eigenvalue weighted by molar-refractivity contribution is 7.13. The van der Waals surface area contributed by atoms with Gasteiger partial charge < -0.3 is 0 Å². The van der Waals surface area contributed by atoms with Crippen LogP contribution in [-0.2, 0) is 0 Å². The van der Waals surface area contributed by atoms with Crippen LogP contribution in [-0.4, -0.2) is 15.0 Å². The Bertz CT molecular complexity index is 614. The molecule has 0 aliphatic heterocycles. The van der Waals surface area contributed by atoms with E-state index in [9.17, 15) is 4.39 Å². The van der Waals surface area contributed by atoms with Crippen LogP contribution in [0.5, 0.6) is 0 Å². The molecule has 0 fully saturated rings. The Balaban J connectivity index is 2.10. The van der Waals surface area contributed by atoms with Gasteiger partial charge in [-0.1, -0.05) is 11.3 Å². The van der Waals surface area contributed by atoms with E-state index < -0.39 is 0 Å². The Morgan fingerprint density at radius 2 is 1.94 bits per heavy atom. The van der Waals surface area contributed by atoms with Gasteiger partial charge in [-0.3, -0.25) is 0 Å². The maximum Gasteiger partial charge on any atom is 0.123 e. The molecule has 0 amide bonds. The van der Waals surface area contributed by atoms with Crippen LogP contribution in [0.25, 0.3) is 16.3 Å². The second-order valence-electron chi connectivity index (χ2n) is 3.48. The Labute approximate surface area is 101 Å². The molecule has 0 aliphatic carbocycles. The van der Waals surface area contributed by atoms with Gasteiger partial charge >= 0.3 is 0 Å². The van der Waals surface area contributed by atoms with Crippen molar-refractivity contribution in [3.63, 3.8) is 0 Å². The summed E-state index contributed by atoms with van der Waals surface area (Å²) in [4.78, 5) is 1.08. The minimum absolute atomic E-state index is 0.258. The highest BCUT2D eigenvalue weighted by Crippen LogP contribution is 2.25. The second kappa shape index (κ2) is 4.10. The molecule has 3 rings (SSSR count). The first-order chi connectivity index (χ1) is 8.34.